The van der Waals surface area contributed by atoms with Crippen LogP contribution < -0.4 is 0 Å². The van der Waals surface area contributed by atoms with Gasteiger partial charge in [0.15, 0.2) is 0 Å². The van der Waals surface area contributed by atoms with Gasteiger partial charge < -0.3 is 0 Å². The van der Waals surface area contributed by atoms with Crippen LogP contribution in [0.15, 0.2) is 24.3 Å². The summed E-state index contributed by atoms with van der Waals surface area (Å²) in [5.74, 6) is 0. The van der Waals surface area contributed by atoms with E-state index in [1.54, 1.807) is 0 Å². The van der Waals surface area contributed by atoms with Crippen molar-refractivity contribution in [2.24, 2.45) is 0 Å². The van der Waals surface area contributed by atoms with Gasteiger partial charge in [0.25, 0.3) is 0 Å². The number of halogens is 4. The molecule has 1 unspecified atom stereocenters. The molecule has 2 aromatic rings. The molecule has 1 heterocycles. The van der Waals surface area contributed by atoms with Crippen LogP contribution >= 0.6 is 27.3 Å². The molecule has 0 amide bonds. The van der Waals surface area contributed by atoms with Crippen LogP contribution in [0.1, 0.15) is 39.3 Å². The molecule has 0 N–H and O–H groups in total. The molecule has 0 aliphatic carbocycles. The number of aromatic nitrogens is 2. The Hall–Kier alpha value is -0.950. The second-order valence-corrected chi connectivity index (χ2v) is 6.48. The van der Waals surface area contributed by atoms with Crippen molar-refractivity contribution in [3.8, 4) is 0 Å². The third-order valence-corrected chi connectivity index (χ3v) is 5.17. The van der Waals surface area contributed by atoms with Crippen LogP contribution in [0.25, 0.3) is 0 Å². The van der Waals surface area contributed by atoms with Crippen LogP contribution in [0, 0.1) is 0 Å². The Kier molecular flexibility index (Phi) is 4.80. The third-order valence-electron chi connectivity index (χ3n) is 2.75. The van der Waals surface area contributed by atoms with Crippen LogP contribution in [-0.4, -0.2) is 10.2 Å². The topological polar surface area (TPSA) is 25.8 Å². The summed E-state index contributed by atoms with van der Waals surface area (Å²) in [4.78, 5) is 0.182. The number of hydrogen-bond acceptors (Lipinski definition) is 3. The molecule has 0 aliphatic rings. The molecule has 1 atom stereocenters. The number of alkyl halides is 4. The van der Waals surface area contributed by atoms with Crippen molar-refractivity contribution in [3.05, 3.63) is 45.4 Å². The summed E-state index contributed by atoms with van der Waals surface area (Å²) in [6.45, 7) is 2.04. The highest BCUT2D eigenvalue weighted by Crippen LogP contribution is 2.31. The first kappa shape index (κ1) is 15.4. The van der Waals surface area contributed by atoms with Gasteiger partial charge in [-0.1, -0.05) is 46.3 Å². The Morgan fingerprint density at radius 3 is 2.40 bits per heavy atom. The molecule has 7 heteroatoms. The molecule has 0 spiro atoms. The molecule has 0 fully saturated rings. The van der Waals surface area contributed by atoms with Crippen molar-refractivity contribution in [2.75, 3.05) is 0 Å². The molecule has 20 heavy (non-hydrogen) atoms. The van der Waals surface area contributed by atoms with Gasteiger partial charge in [0.05, 0.1) is 10.4 Å². The zero-order chi connectivity index (χ0) is 14.8. The first-order valence-electron chi connectivity index (χ1n) is 6.02. The lowest BCUT2D eigenvalue weighted by Gasteiger charge is -2.06. The molecule has 0 aliphatic heterocycles. The maximum atomic E-state index is 12.5. The van der Waals surface area contributed by atoms with Crippen molar-refractivity contribution in [1.29, 1.82) is 0 Å². The summed E-state index contributed by atoms with van der Waals surface area (Å²) in [7, 11) is 0. The fourth-order valence-electron chi connectivity index (χ4n) is 1.63. The highest BCUT2D eigenvalue weighted by Gasteiger charge is 2.29. The van der Waals surface area contributed by atoms with E-state index < -0.39 is 11.7 Å². The first-order chi connectivity index (χ1) is 9.40. The van der Waals surface area contributed by atoms with Crippen LogP contribution in [0.4, 0.5) is 13.2 Å². The summed E-state index contributed by atoms with van der Waals surface area (Å²) in [5.41, 5.74) is 0.161. The normalized spacial score (nSPS) is 13.4. The van der Waals surface area contributed by atoms with E-state index in [2.05, 4.69) is 26.1 Å². The lowest BCUT2D eigenvalue weighted by atomic mass is 10.1. The molecule has 0 radical (unpaired) electrons. The lowest BCUT2D eigenvalue weighted by Crippen LogP contribution is -2.04. The zero-order valence-electron chi connectivity index (χ0n) is 10.6. The van der Waals surface area contributed by atoms with E-state index in [4.69, 9.17) is 0 Å². The predicted molar refractivity (Wildman–Crippen MR) is 76.1 cm³/mol. The van der Waals surface area contributed by atoms with Gasteiger partial charge in [-0.3, -0.25) is 0 Å². The highest BCUT2D eigenvalue weighted by molar-refractivity contribution is 9.09. The number of hydrogen-bond donors (Lipinski definition) is 0. The molecule has 2 nitrogen and oxygen atoms in total. The SMILES string of the molecule is CCC(Br)c1nnc(Cc2ccc(C(F)(F)F)cc2)s1. The first-order valence-corrected chi connectivity index (χ1v) is 7.76. The van der Waals surface area contributed by atoms with Gasteiger partial charge in [0, 0.05) is 6.42 Å². The fourth-order valence-corrected chi connectivity index (χ4v) is 2.94. The fraction of sp³-hybridized carbons (Fsp3) is 0.385. The number of nitrogens with zero attached hydrogens (tertiary/aromatic N) is 2. The predicted octanol–water partition coefficient (Wildman–Crippen LogP) is 4.99. The lowest BCUT2D eigenvalue weighted by molar-refractivity contribution is -0.137. The second kappa shape index (κ2) is 6.22. The smallest absolute Gasteiger partial charge is 0.166 e. The van der Waals surface area contributed by atoms with Gasteiger partial charge in [-0.05, 0) is 24.1 Å². The zero-order valence-corrected chi connectivity index (χ0v) is 13.0. The molecule has 0 bridgehead atoms. The van der Waals surface area contributed by atoms with E-state index in [0.29, 0.717) is 6.42 Å². The molecule has 0 saturated carbocycles. The van der Waals surface area contributed by atoms with E-state index in [1.807, 2.05) is 6.92 Å². The van der Waals surface area contributed by atoms with Crippen LogP contribution in [0.2, 0.25) is 0 Å². The van der Waals surface area contributed by atoms with E-state index >= 15 is 0 Å². The Morgan fingerprint density at radius 2 is 1.85 bits per heavy atom. The largest absolute Gasteiger partial charge is 0.416 e. The van der Waals surface area contributed by atoms with Crippen molar-refractivity contribution in [3.63, 3.8) is 0 Å². The number of rotatable bonds is 4. The molecule has 108 valence electrons. The van der Waals surface area contributed by atoms with E-state index in [0.717, 1.165) is 34.1 Å². The third kappa shape index (κ3) is 3.79. The van der Waals surface area contributed by atoms with Crippen molar-refractivity contribution >= 4 is 27.3 Å². The van der Waals surface area contributed by atoms with Gasteiger partial charge in [-0.15, -0.1) is 10.2 Å². The minimum Gasteiger partial charge on any atom is -0.166 e. The molecule has 0 saturated heterocycles. The summed E-state index contributed by atoms with van der Waals surface area (Å²) in [6, 6.07) is 5.15. The molecular formula is C13H12BrF3N2S. The highest BCUT2D eigenvalue weighted by atomic mass is 79.9. The summed E-state index contributed by atoms with van der Waals surface area (Å²) < 4.78 is 37.4. The van der Waals surface area contributed by atoms with E-state index in [-0.39, 0.29) is 4.83 Å². The summed E-state index contributed by atoms with van der Waals surface area (Å²) in [6.07, 6.45) is -2.88. The van der Waals surface area contributed by atoms with Gasteiger partial charge in [0.2, 0.25) is 0 Å². The van der Waals surface area contributed by atoms with Crippen LogP contribution in [-0.2, 0) is 12.6 Å². The second-order valence-electron chi connectivity index (χ2n) is 4.28. The van der Waals surface area contributed by atoms with Gasteiger partial charge >= 0.3 is 6.18 Å². The quantitative estimate of drug-likeness (QED) is 0.713. The molecule has 1 aromatic heterocycles. The van der Waals surface area contributed by atoms with E-state index in [9.17, 15) is 13.2 Å². The average molecular weight is 365 g/mol. The maximum absolute atomic E-state index is 12.5. The number of benzene rings is 1. The Morgan fingerprint density at radius 1 is 1.20 bits per heavy atom. The monoisotopic (exact) mass is 364 g/mol. The molecular weight excluding hydrogens is 353 g/mol. The minimum atomic E-state index is -4.29. The Balaban J connectivity index is 2.08. The summed E-state index contributed by atoms with van der Waals surface area (Å²) in [5, 5.41) is 9.85. The van der Waals surface area contributed by atoms with Crippen molar-refractivity contribution < 1.29 is 13.2 Å². The minimum absolute atomic E-state index is 0.182. The Bertz CT molecular complexity index is 566. The maximum Gasteiger partial charge on any atom is 0.416 e. The molecule has 1 aromatic carbocycles. The van der Waals surface area contributed by atoms with Crippen molar-refractivity contribution in [2.45, 2.75) is 30.8 Å². The van der Waals surface area contributed by atoms with Gasteiger partial charge in [0.1, 0.15) is 10.0 Å². The van der Waals surface area contributed by atoms with Crippen molar-refractivity contribution in [1.82, 2.24) is 10.2 Å². The molecule has 2 rings (SSSR count). The van der Waals surface area contributed by atoms with Crippen LogP contribution in [0.5, 0.6) is 0 Å². The summed E-state index contributed by atoms with van der Waals surface area (Å²) >= 11 is 4.98. The average Bonchev–Trinajstić information content (AvgIpc) is 2.86. The van der Waals surface area contributed by atoms with E-state index in [1.165, 1.54) is 23.5 Å². The van der Waals surface area contributed by atoms with Gasteiger partial charge in [-0.25, -0.2) is 0 Å². The van der Waals surface area contributed by atoms with Crippen LogP contribution in [0.3, 0.4) is 0 Å². The van der Waals surface area contributed by atoms with Gasteiger partial charge in [-0.2, -0.15) is 13.2 Å². The Labute approximate surface area is 127 Å². The standard InChI is InChI=1S/C13H12BrF3N2S/c1-2-10(14)12-19-18-11(20-12)7-8-3-5-9(6-4-8)13(15,16)17/h3-6,10H,2,7H2,1H3.